The second-order valence-electron chi connectivity index (χ2n) is 6.01. The van der Waals surface area contributed by atoms with Crippen LogP contribution >= 0.6 is 0 Å². The number of carbonyl (C=O) groups excluding carboxylic acids is 1. The third-order valence-corrected chi connectivity index (χ3v) is 4.37. The summed E-state index contributed by atoms with van der Waals surface area (Å²) >= 11 is 0. The van der Waals surface area contributed by atoms with E-state index in [9.17, 15) is 4.79 Å². The summed E-state index contributed by atoms with van der Waals surface area (Å²) in [6.07, 6.45) is 4.28. The smallest absolute Gasteiger partial charge is 0.257 e. The molecule has 1 N–H and O–H groups in total. The van der Waals surface area contributed by atoms with Gasteiger partial charge in [-0.25, -0.2) is 0 Å². The quantitative estimate of drug-likeness (QED) is 0.749. The van der Waals surface area contributed by atoms with Crippen molar-refractivity contribution in [3.63, 3.8) is 0 Å². The zero-order chi connectivity index (χ0) is 15.3. The molecule has 1 aliphatic rings. The van der Waals surface area contributed by atoms with Gasteiger partial charge in [0.2, 0.25) is 0 Å². The van der Waals surface area contributed by atoms with Gasteiger partial charge in [-0.15, -0.1) is 0 Å². The van der Waals surface area contributed by atoms with Gasteiger partial charge < -0.3 is 9.88 Å². The summed E-state index contributed by atoms with van der Waals surface area (Å²) in [5.41, 5.74) is 5.57. The van der Waals surface area contributed by atoms with Gasteiger partial charge in [-0.1, -0.05) is 11.6 Å². The van der Waals surface area contributed by atoms with Gasteiger partial charge in [0.1, 0.15) is 0 Å². The molecule has 5 nitrogen and oxygen atoms in total. The third-order valence-electron chi connectivity index (χ3n) is 4.37. The average molecular weight is 294 g/mol. The van der Waals surface area contributed by atoms with Crippen LogP contribution in [0.2, 0.25) is 0 Å². The van der Waals surface area contributed by atoms with Crippen molar-refractivity contribution < 1.29 is 4.79 Å². The maximum absolute atomic E-state index is 12.6. The van der Waals surface area contributed by atoms with E-state index in [4.69, 9.17) is 0 Å². The molecular weight excluding hydrogens is 276 g/mol. The molecule has 1 aliphatic heterocycles. The number of amides is 1. The summed E-state index contributed by atoms with van der Waals surface area (Å²) in [6.45, 7) is 3.50. The van der Waals surface area contributed by atoms with Crippen LogP contribution in [0.5, 0.6) is 0 Å². The molecule has 0 spiro atoms. The Bertz CT molecular complexity index is 874. The molecule has 5 heteroatoms. The van der Waals surface area contributed by atoms with Crippen LogP contribution in [-0.4, -0.2) is 32.1 Å². The standard InChI is InChI=1S/C17H18N4O/c1-11-3-4-15-13(7-11)14-10-21(6-5-16(14)19-15)17(22)12-8-18-20(2)9-12/h3-4,7-9,19H,5-6,10H2,1-2H3. The maximum Gasteiger partial charge on any atom is 0.257 e. The van der Waals surface area contributed by atoms with Gasteiger partial charge in [0.05, 0.1) is 11.8 Å². The van der Waals surface area contributed by atoms with Crippen molar-refractivity contribution in [2.24, 2.45) is 7.05 Å². The van der Waals surface area contributed by atoms with E-state index in [0.717, 1.165) is 18.5 Å². The SMILES string of the molecule is Cc1ccc2[nH]c3c(c2c1)CN(C(=O)c1cnn(C)c1)CC3. The molecule has 3 heterocycles. The van der Waals surface area contributed by atoms with Crippen molar-refractivity contribution in [3.05, 3.63) is 53.0 Å². The fourth-order valence-electron chi connectivity index (χ4n) is 3.22. The minimum absolute atomic E-state index is 0.0563. The van der Waals surface area contributed by atoms with E-state index >= 15 is 0 Å². The summed E-state index contributed by atoms with van der Waals surface area (Å²) in [6, 6.07) is 6.43. The second kappa shape index (κ2) is 4.73. The molecule has 0 saturated carbocycles. The Kier molecular flexibility index (Phi) is 2.82. The van der Waals surface area contributed by atoms with Gasteiger partial charge >= 0.3 is 0 Å². The first-order chi connectivity index (χ1) is 10.6. The lowest BCUT2D eigenvalue weighted by molar-refractivity contribution is 0.0735. The van der Waals surface area contributed by atoms with Crippen molar-refractivity contribution in [3.8, 4) is 0 Å². The molecule has 112 valence electrons. The summed E-state index contributed by atoms with van der Waals surface area (Å²) in [4.78, 5) is 18.0. The van der Waals surface area contributed by atoms with Crippen LogP contribution in [0.15, 0.2) is 30.6 Å². The van der Waals surface area contributed by atoms with E-state index in [-0.39, 0.29) is 5.91 Å². The number of fused-ring (bicyclic) bond motifs is 3. The summed E-state index contributed by atoms with van der Waals surface area (Å²) in [5, 5.41) is 5.33. The predicted molar refractivity (Wildman–Crippen MR) is 84.7 cm³/mol. The third kappa shape index (κ3) is 2.01. The zero-order valence-corrected chi connectivity index (χ0v) is 12.8. The van der Waals surface area contributed by atoms with Crippen molar-refractivity contribution in [2.75, 3.05) is 6.54 Å². The monoisotopic (exact) mass is 294 g/mol. The van der Waals surface area contributed by atoms with Crippen molar-refractivity contribution in [1.29, 1.82) is 0 Å². The molecule has 0 radical (unpaired) electrons. The minimum Gasteiger partial charge on any atom is -0.358 e. The van der Waals surface area contributed by atoms with E-state index in [0.29, 0.717) is 12.1 Å². The molecular formula is C17H18N4O. The number of hydrogen-bond donors (Lipinski definition) is 1. The first-order valence-electron chi connectivity index (χ1n) is 7.50. The highest BCUT2D eigenvalue weighted by Crippen LogP contribution is 2.29. The fraction of sp³-hybridized carbons (Fsp3) is 0.294. The molecule has 0 atom stereocenters. The molecule has 2 aromatic heterocycles. The Hall–Kier alpha value is -2.56. The number of hydrogen-bond acceptors (Lipinski definition) is 2. The number of aryl methyl sites for hydroxylation is 2. The first kappa shape index (κ1) is 13.1. The number of aromatic nitrogens is 3. The van der Waals surface area contributed by atoms with Crippen LogP contribution in [0.4, 0.5) is 0 Å². The highest BCUT2D eigenvalue weighted by Gasteiger charge is 2.25. The lowest BCUT2D eigenvalue weighted by atomic mass is 10.0. The molecule has 22 heavy (non-hydrogen) atoms. The molecule has 0 bridgehead atoms. The van der Waals surface area contributed by atoms with E-state index < -0.39 is 0 Å². The van der Waals surface area contributed by atoms with Crippen LogP contribution in [0.1, 0.15) is 27.2 Å². The molecule has 1 aromatic carbocycles. The largest absolute Gasteiger partial charge is 0.358 e. The Morgan fingerprint density at radius 3 is 3.00 bits per heavy atom. The van der Waals surface area contributed by atoms with Crippen molar-refractivity contribution in [1.82, 2.24) is 19.7 Å². The van der Waals surface area contributed by atoms with Gasteiger partial charge in [-0.05, 0) is 19.1 Å². The minimum atomic E-state index is 0.0563. The molecule has 0 unspecified atom stereocenters. The van der Waals surface area contributed by atoms with E-state index in [1.54, 1.807) is 17.1 Å². The Balaban J connectivity index is 1.70. The highest BCUT2D eigenvalue weighted by atomic mass is 16.2. The van der Waals surface area contributed by atoms with Gasteiger partial charge in [-0.2, -0.15) is 5.10 Å². The molecule has 3 aromatic rings. The van der Waals surface area contributed by atoms with Gasteiger partial charge in [-0.3, -0.25) is 9.48 Å². The molecule has 0 aliphatic carbocycles. The van der Waals surface area contributed by atoms with Crippen LogP contribution in [0.3, 0.4) is 0 Å². The molecule has 1 amide bonds. The molecule has 4 rings (SSSR count). The number of nitrogens with one attached hydrogen (secondary N) is 1. The lowest BCUT2D eigenvalue weighted by Gasteiger charge is -2.27. The van der Waals surface area contributed by atoms with Crippen LogP contribution in [0.25, 0.3) is 10.9 Å². The predicted octanol–water partition coefficient (Wildman–Crippen LogP) is 2.41. The van der Waals surface area contributed by atoms with E-state index in [2.05, 4.69) is 35.2 Å². The second-order valence-corrected chi connectivity index (χ2v) is 6.01. The average Bonchev–Trinajstić information content (AvgIpc) is 3.09. The number of H-pyrrole nitrogens is 1. The van der Waals surface area contributed by atoms with Crippen LogP contribution < -0.4 is 0 Å². The maximum atomic E-state index is 12.6. The lowest BCUT2D eigenvalue weighted by Crippen LogP contribution is -2.35. The van der Waals surface area contributed by atoms with Crippen LogP contribution in [-0.2, 0) is 20.0 Å². The number of nitrogens with zero attached hydrogens (tertiary/aromatic N) is 3. The van der Waals surface area contributed by atoms with E-state index in [1.807, 2.05) is 11.9 Å². The normalized spacial score (nSPS) is 14.4. The molecule has 0 saturated heterocycles. The Labute approximate surface area is 128 Å². The topological polar surface area (TPSA) is 53.9 Å². The zero-order valence-electron chi connectivity index (χ0n) is 12.8. The Morgan fingerprint density at radius 2 is 2.23 bits per heavy atom. The van der Waals surface area contributed by atoms with Gasteiger partial charge in [0, 0.05) is 54.9 Å². The summed E-state index contributed by atoms with van der Waals surface area (Å²) in [5.74, 6) is 0.0563. The summed E-state index contributed by atoms with van der Waals surface area (Å²) < 4.78 is 1.66. The van der Waals surface area contributed by atoms with Crippen LogP contribution in [0, 0.1) is 6.92 Å². The summed E-state index contributed by atoms with van der Waals surface area (Å²) in [7, 11) is 1.83. The first-order valence-corrected chi connectivity index (χ1v) is 7.50. The number of rotatable bonds is 1. The van der Waals surface area contributed by atoms with Gasteiger partial charge in [0.25, 0.3) is 5.91 Å². The highest BCUT2D eigenvalue weighted by molar-refractivity contribution is 5.94. The van der Waals surface area contributed by atoms with Gasteiger partial charge in [0.15, 0.2) is 0 Å². The Morgan fingerprint density at radius 1 is 1.36 bits per heavy atom. The van der Waals surface area contributed by atoms with Crippen molar-refractivity contribution in [2.45, 2.75) is 19.9 Å². The van der Waals surface area contributed by atoms with E-state index in [1.165, 1.54) is 22.2 Å². The molecule has 0 fully saturated rings. The number of aromatic amines is 1. The number of benzene rings is 1. The van der Waals surface area contributed by atoms with Crippen molar-refractivity contribution >= 4 is 16.8 Å². The fourth-order valence-corrected chi connectivity index (χ4v) is 3.22. The number of carbonyl (C=O) groups is 1.